The third-order valence-electron chi connectivity index (χ3n) is 4.95. The molecule has 1 N–H and O–H groups in total. The lowest BCUT2D eigenvalue weighted by Crippen LogP contribution is -2.24. The number of benzene rings is 2. The van der Waals surface area contributed by atoms with E-state index in [1.54, 1.807) is 30.3 Å². The molecule has 0 saturated heterocycles. The minimum absolute atomic E-state index is 0.0901. The van der Waals surface area contributed by atoms with Crippen molar-refractivity contribution in [3.8, 4) is 12.1 Å². The lowest BCUT2D eigenvalue weighted by molar-refractivity contribution is -0.136. The van der Waals surface area contributed by atoms with E-state index in [0.717, 1.165) is 12.1 Å². The van der Waals surface area contributed by atoms with Crippen LogP contribution in [0.4, 0.5) is 29.3 Å². The number of hydrogen-bond donors (Lipinski definition) is 1. The van der Waals surface area contributed by atoms with Gasteiger partial charge in [-0.25, -0.2) is 4.79 Å². The summed E-state index contributed by atoms with van der Waals surface area (Å²) in [6.07, 6.45) is -4.08. The quantitative estimate of drug-likeness (QED) is 0.578. The molecule has 1 aliphatic rings. The van der Waals surface area contributed by atoms with Crippen molar-refractivity contribution < 1.29 is 22.7 Å². The molecule has 0 saturated carbocycles. The molecule has 0 fully saturated rings. The van der Waals surface area contributed by atoms with Crippen LogP contribution in [0.15, 0.2) is 59.8 Å². The van der Waals surface area contributed by atoms with Gasteiger partial charge in [-0.3, -0.25) is 5.32 Å². The van der Waals surface area contributed by atoms with Crippen LogP contribution in [0.25, 0.3) is 0 Å². The Hall–Kier alpha value is -3.98. The van der Waals surface area contributed by atoms with Crippen LogP contribution in [0.5, 0.6) is 0 Å². The van der Waals surface area contributed by atoms with Crippen LogP contribution in [0, 0.1) is 22.7 Å². The van der Waals surface area contributed by atoms with Crippen LogP contribution in [-0.4, -0.2) is 12.6 Å². The van der Waals surface area contributed by atoms with Gasteiger partial charge in [0.15, 0.2) is 0 Å². The molecule has 0 unspecified atom stereocenters. The zero-order valence-corrected chi connectivity index (χ0v) is 16.9. The van der Waals surface area contributed by atoms with Gasteiger partial charge in [-0.15, -0.1) is 0 Å². The third kappa shape index (κ3) is 5.38. The van der Waals surface area contributed by atoms with Gasteiger partial charge < -0.3 is 9.64 Å². The second kappa shape index (κ2) is 9.88. The molecule has 32 heavy (non-hydrogen) atoms. The van der Waals surface area contributed by atoms with Crippen molar-refractivity contribution in [1.82, 2.24) is 0 Å². The van der Waals surface area contributed by atoms with E-state index in [-0.39, 0.29) is 18.8 Å². The molecule has 2 aromatic rings. The lowest BCUT2D eigenvalue weighted by Gasteiger charge is -2.25. The number of rotatable bonds is 6. The molecule has 0 aromatic heterocycles. The van der Waals surface area contributed by atoms with Crippen molar-refractivity contribution in [1.29, 1.82) is 10.5 Å². The van der Waals surface area contributed by atoms with Crippen molar-refractivity contribution in [2.45, 2.75) is 32.0 Å². The van der Waals surface area contributed by atoms with Crippen molar-refractivity contribution >= 4 is 17.5 Å². The highest BCUT2D eigenvalue weighted by molar-refractivity contribution is 5.86. The molecule has 0 bridgehead atoms. The molecular formula is C23H19F3N4O2. The number of nitrogens with one attached hydrogen (secondary N) is 1. The molecule has 6 nitrogen and oxygen atoms in total. The van der Waals surface area contributed by atoms with Crippen LogP contribution in [0.1, 0.15) is 30.4 Å². The first-order chi connectivity index (χ1) is 15.3. The Kier molecular flexibility index (Phi) is 7.01. The van der Waals surface area contributed by atoms with E-state index in [9.17, 15) is 28.5 Å². The first kappa shape index (κ1) is 22.7. The van der Waals surface area contributed by atoms with E-state index in [4.69, 9.17) is 4.74 Å². The van der Waals surface area contributed by atoms with Crippen LogP contribution in [0.2, 0.25) is 0 Å². The van der Waals surface area contributed by atoms with Crippen LogP contribution in [-0.2, 0) is 17.5 Å². The van der Waals surface area contributed by atoms with Crippen LogP contribution < -0.4 is 10.2 Å². The van der Waals surface area contributed by atoms with Gasteiger partial charge >= 0.3 is 12.3 Å². The highest BCUT2D eigenvalue weighted by Crippen LogP contribution is 2.39. The molecule has 0 heterocycles. The molecule has 9 heteroatoms. The number of nitriles is 2. The average Bonchev–Trinajstić information content (AvgIpc) is 3.25. The van der Waals surface area contributed by atoms with Gasteiger partial charge in [-0.05, 0) is 43.0 Å². The number of allylic oxidation sites excluding steroid dienone is 2. The summed E-state index contributed by atoms with van der Waals surface area (Å²) < 4.78 is 46.3. The van der Waals surface area contributed by atoms with E-state index < -0.39 is 23.5 Å². The van der Waals surface area contributed by atoms with Gasteiger partial charge in [0.25, 0.3) is 0 Å². The SMILES string of the molecule is N#CCN(C1=C(C#N)CCC1)c1ccc(NC(=O)OCc2ccccc2)c(C(F)(F)F)c1. The van der Waals surface area contributed by atoms with Gasteiger partial charge in [0.05, 0.1) is 23.4 Å². The maximum atomic E-state index is 13.8. The molecule has 0 aliphatic heterocycles. The summed E-state index contributed by atoms with van der Waals surface area (Å²) in [7, 11) is 0. The van der Waals surface area contributed by atoms with Crippen LogP contribution in [0.3, 0.4) is 0 Å². The third-order valence-corrected chi connectivity index (χ3v) is 4.95. The Morgan fingerprint density at radius 3 is 2.53 bits per heavy atom. The highest BCUT2D eigenvalue weighted by Gasteiger charge is 2.35. The maximum Gasteiger partial charge on any atom is 0.418 e. The Bertz CT molecular complexity index is 1100. The maximum absolute atomic E-state index is 13.8. The summed E-state index contributed by atoms with van der Waals surface area (Å²) >= 11 is 0. The van der Waals surface area contributed by atoms with Gasteiger partial charge in [-0.1, -0.05) is 30.3 Å². The number of anilines is 2. The number of carbonyl (C=O) groups excluding carboxylic acids is 1. The van der Waals surface area contributed by atoms with E-state index in [2.05, 4.69) is 11.4 Å². The molecule has 164 valence electrons. The van der Waals surface area contributed by atoms with Crippen molar-refractivity contribution in [3.63, 3.8) is 0 Å². The number of ether oxygens (including phenoxy) is 1. The smallest absolute Gasteiger partial charge is 0.418 e. The second-order valence-electron chi connectivity index (χ2n) is 7.05. The fourth-order valence-electron chi connectivity index (χ4n) is 3.47. The summed E-state index contributed by atoms with van der Waals surface area (Å²) in [5.74, 6) is 0. The fraction of sp³-hybridized carbons (Fsp3) is 0.261. The minimum Gasteiger partial charge on any atom is -0.444 e. The number of carbonyl (C=O) groups is 1. The molecular weight excluding hydrogens is 421 g/mol. The monoisotopic (exact) mass is 440 g/mol. The summed E-state index contributed by atoms with van der Waals surface area (Å²) in [4.78, 5) is 13.5. The molecule has 0 atom stereocenters. The van der Waals surface area contributed by atoms with Gasteiger partial charge in [0.2, 0.25) is 0 Å². The largest absolute Gasteiger partial charge is 0.444 e. The number of hydrogen-bond acceptors (Lipinski definition) is 5. The Balaban J connectivity index is 1.86. The molecule has 3 rings (SSSR count). The average molecular weight is 440 g/mol. The highest BCUT2D eigenvalue weighted by atomic mass is 19.4. The summed E-state index contributed by atoms with van der Waals surface area (Å²) in [5.41, 5.74) is 0.278. The number of alkyl halides is 3. The summed E-state index contributed by atoms with van der Waals surface area (Å²) in [6, 6.07) is 16.1. The van der Waals surface area contributed by atoms with Crippen molar-refractivity contribution in [2.75, 3.05) is 16.8 Å². The lowest BCUT2D eigenvalue weighted by atomic mass is 10.1. The summed E-state index contributed by atoms with van der Waals surface area (Å²) in [6.45, 7) is -0.295. The molecule has 0 spiro atoms. The fourth-order valence-corrected chi connectivity index (χ4v) is 3.47. The standard InChI is InChI=1S/C23H19F3N4O2/c24-23(25,26)19-13-18(30(12-11-27)21-8-4-7-17(21)14-28)9-10-20(19)29-22(31)32-15-16-5-2-1-3-6-16/h1-3,5-6,9-10,13H,4,7-8,12,15H2,(H,29,31). The van der Waals surface area contributed by atoms with Gasteiger partial charge in [0, 0.05) is 17.0 Å². The Morgan fingerprint density at radius 1 is 1.12 bits per heavy atom. The number of halogens is 3. The normalized spacial score (nSPS) is 13.3. The van der Waals surface area contributed by atoms with Crippen molar-refractivity contribution in [3.05, 3.63) is 70.9 Å². The molecule has 0 radical (unpaired) electrons. The van der Waals surface area contributed by atoms with E-state index in [0.29, 0.717) is 36.1 Å². The van der Waals surface area contributed by atoms with Gasteiger partial charge in [-0.2, -0.15) is 23.7 Å². The Morgan fingerprint density at radius 2 is 1.88 bits per heavy atom. The van der Waals surface area contributed by atoms with E-state index >= 15 is 0 Å². The van der Waals surface area contributed by atoms with E-state index in [1.807, 2.05) is 6.07 Å². The zero-order chi connectivity index (χ0) is 23.1. The molecule has 1 aliphatic carbocycles. The molecule has 2 aromatic carbocycles. The Labute approximate surface area is 183 Å². The number of nitrogens with zero attached hydrogens (tertiary/aromatic N) is 3. The first-order valence-electron chi connectivity index (χ1n) is 9.79. The predicted molar refractivity (Wildman–Crippen MR) is 111 cm³/mol. The van der Waals surface area contributed by atoms with Gasteiger partial charge in [0.1, 0.15) is 13.2 Å². The second-order valence-corrected chi connectivity index (χ2v) is 7.05. The topological polar surface area (TPSA) is 89.2 Å². The zero-order valence-electron chi connectivity index (χ0n) is 16.9. The van der Waals surface area contributed by atoms with Crippen molar-refractivity contribution in [2.24, 2.45) is 0 Å². The predicted octanol–water partition coefficient (Wildman–Crippen LogP) is 5.75. The first-order valence-corrected chi connectivity index (χ1v) is 9.79. The summed E-state index contributed by atoms with van der Waals surface area (Å²) in [5, 5.41) is 20.6. The number of amides is 1. The van der Waals surface area contributed by atoms with E-state index in [1.165, 1.54) is 11.0 Å². The van der Waals surface area contributed by atoms with Crippen LogP contribution >= 0.6 is 0 Å². The molecule has 1 amide bonds. The minimum atomic E-state index is -4.77.